The highest BCUT2D eigenvalue weighted by Crippen LogP contribution is 2.08. The molecule has 1 aliphatic heterocycles. The summed E-state index contributed by atoms with van der Waals surface area (Å²) in [5, 5.41) is 8.87. The van der Waals surface area contributed by atoms with Crippen LogP contribution in [0.1, 0.15) is 31.2 Å². The topological polar surface area (TPSA) is 83.1 Å². The summed E-state index contributed by atoms with van der Waals surface area (Å²) in [4.78, 5) is 27.3. The molecule has 21 heavy (non-hydrogen) atoms. The summed E-state index contributed by atoms with van der Waals surface area (Å²) < 4.78 is 0. The number of carbonyl (C=O) groups excluding carboxylic acids is 2. The lowest BCUT2D eigenvalue weighted by Gasteiger charge is -2.10. The summed E-state index contributed by atoms with van der Waals surface area (Å²) in [6.45, 7) is 1.84. The highest BCUT2D eigenvalue weighted by atomic mass is 16.2. The lowest BCUT2D eigenvalue weighted by atomic mass is 10.1. The number of nitrogens with one attached hydrogen (secondary N) is 3. The third-order valence-corrected chi connectivity index (χ3v) is 3.48. The summed E-state index contributed by atoms with van der Waals surface area (Å²) >= 11 is 0. The lowest BCUT2D eigenvalue weighted by molar-refractivity contribution is -0.122. The average molecular weight is 290 g/mol. The Morgan fingerprint density at radius 2 is 2.24 bits per heavy atom. The average Bonchev–Trinajstić information content (AvgIpc) is 2.99. The van der Waals surface area contributed by atoms with Crippen molar-refractivity contribution in [1.29, 1.82) is 0 Å². The van der Waals surface area contributed by atoms with Crippen molar-refractivity contribution < 1.29 is 9.59 Å². The molecule has 0 aromatic carbocycles. The van der Waals surface area contributed by atoms with E-state index in [-0.39, 0.29) is 11.8 Å². The molecule has 2 amide bonds. The molecule has 6 nitrogen and oxygen atoms in total. The fourth-order valence-corrected chi connectivity index (χ4v) is 2.33. The molecule has 0 bridgehead atoms. The first-order valence-corrected chi connectivity index (χ1v) is 7.40. The molecule has 1 saturated heterocycles. The van der Waals surface area contributed by atoms with Gasteiger partial charge in [0, 0.05) is 44.4 Å². The molecule has 1 unspecified atom stereocenters. The van der Waals surface area contributed by atoms with E-state index in [1.54, 1.807) is 12.4 Å². The first-order valence-electron chi connectivity index (χ1n) is 7.40. The molecule has 2 heterocycles. The van der Waals surface area contributed by atoms with Gasteiger partial charge in [-0.2, -0.15) is 0 Å². The van der Waals surface area contributed by atoms with Crippen LogP contribution in [0.4, 0.5) is 0 Å². The van der Waals surface area contributed by atoms with E-state index in [4.69, 9.17) is 0 Å². The number of rotatable bonds is 7. The molecule has 114 valence electrons. The molecule has 1 fully saturated rings. The van der Waals surface area contributed by atoms with Gasteiger partial charge in [-0.25, -0.2) is 0 Å². The molecule has 1 atom stereocenters. The Kier molecular flexibility index (Phi) is 6.15. The maximum atomic E-state index is 11.7. The fourth-order valence-electron chi connectivity index (χ4n) is 2.33. The molecule has 1 aliphatic rings. The Morgan fingerprint density at radius 1 is 1.33 bits per heavy atom. The van der Waals surface area contributed by atoms with Crippen LogP contribution in [0.25, 0.3) is 0 Å². The van der Waals surface area contributed by atoms with Gasteiger partial charge in [0.05, 0.1) is 0 Å². The van der Waals surface area contributed by atoms with Gasteiger partial charge in [-0.05, 0) is 31.0 Å². The summed E-state index contributed by atoms with van der Waals surface area (Å²) in [6, 6.07) is 4.03. The molecule has 0 saturated carbocycles. The van der Waals surface area contributed by atoms with Gasteiger partial charge in [-0.3, -0.25) is 14.6 Å². The molecule has 0 radical (unpaired) electrons. The molecule has 0 aliphatic carbocycles. The zero-order valence-corrected chi connectivity index (χ0v) is 12.1. The van der Waals surface area contributed by atoms with Crippen molar-refractivity contribution in [2.24, 2.45) is 0 Å². The van der Waals surface area contributed by atoms with Gasteiger partial charge in [-0.1, -0.05) is 6.07 Å². The van der Waals surface area contributed by atoms with Crippen molar-refractivity contribution in [3.63, 3.8) is 0 Å². The number of aromatic nitrogens is 1. The van der Waals surface area contributed by atoms with Crippen LogP contribution in [0.2, 0.25) is 0 Å². The summed E-state index contributed by atoms with van der Waals surface area (Å²) in [5.41, 5.74) is 0.960. The summed E-state index contributed by atoms with van der Waals surface area (Å²) in [5.74, 6) is -0.0624. The van der Waals surface area contributed by atoms with E-state index in [9.17, 15) is 9.59 Å². The van der Waals surface area contributed by atoms with Crippen molar-refractivity contribution >= 4 is 11.8 Å². The predicted molar refractivity (Wildman–Crippen MR) is 79.4 cm³/mol. The lowest BCUT2D eigenvalue weighted by Crippen LogP contribution is -2.34. The minimum atomic E-state index is -0.0712. The maximum absolute atomic E-state index is 11.7. The van der Waals surface area contributed by atoms with E-state index in [1.165, 1.54) is 0 Å². The molecule has 6 heteroatoms. The largest absolute Gasteiger partial charge is 0.356 e. The van der Waals surface area contributed by atoms with Crippen molar-refractivity contribution in [3.05, 3.63) is 30.1 Å². The molecule has 1 aromatic rings. The van der Waals surface area contributed by atoms with E-state index in [0.29, 0.717) is 32.0 Å². The van der Waals surface area contributed by atoms with E-state index >= 15 is 0 Å². The third kappa shape index (κ3) is 5.91. The van der Waals surface area contributed by atoms with Crippen LogP contribution in [0.5, 0.6) is 0 Å². The Morgan fingerprint density at radius 3 is 2.95 bits per heavy atom. The number of carbonyl (C=O) groups is 2. The molecule has 2 rings (SSSR count). The van der Waals surface area contributed by atoms with Gasteiger partial charge >= 0.3 is 0 Å². The Bertz CT molecular complexity index is 458. The van der Waals surface area contributed by atoms with Gasteiger partial charge in [0.15, 0.2) is 0 Å². The second-order valence-corrected chi connectivity index (χ2v) is 5.24. The van der Waals surface area contributed by atoms with Crippen molar-refractivity contribution in [2.45, 2.75) is 38.3 Å². The smallest absolute Gasteiger partial charge is 0.222 e. The van der Waals surface area contributed by atoms with Crippen molar-refractivity contribution in [2.75, 3.05) is 13.1 Å². The first kappa shape index (κ1) is 15.4. The van der Waals surface area contributed by atoms with Crippen LogP contribution in [0.3, 0.4) is 0 Å². The highest BCUT2D eigenvalue weighted by Gasteiger charge is 2.17. The zero-order valence-electron chi connectivity index (χ0n) is 12.1. The number of amides is 2. The second-order valence-electron chi connectivity index (χ2n) is 5.24. The number of hydrogen-bond acceptors (Lipinski definition) is 4. The molecular formula is C15H22N4O2. The predicted octanol–water partition coefficient (Wildman–Crippen LogP) is 0.346. The summed E-state index contributed by atoms with van der Waals surface area (Å²) in [7, 11) is 0. The third-order valence-electron chi connectivity index (χ3n) is 3.48. The van der Waals surface area contributed by atoms with Crippen LogP contribution in [-0.2, 0) is 16.1 Å². The Labute approximate surface area is 124 Å². The van der Waals surface area contributed by atoms with Crippen molar-refractivity contribution in [1.82, 2.24) is 20.9 Å². The Hall–Kier alpha value is -1.95. The minimum absolute atomic E-state index is 0.00876. The number of hydrogen-bond donors (Lipinski definition) is 3. The van der Waals surface area contributed by atoms with E-state index in [0.717, 1.165) is 24.9 Å². The van der Waals surface area contributed by atoms with Gasteiger partial charge in [0.25, 0.3) is 0 Å². The van der Waals surface area contributed by atoms with Gasteiger partial charge < -0.3 is 16.0 Å². The first-order chi connectivity index (χ1) is 10.2. The monoisotopic (exact) mass is 290 g/mol. The standard InChI is InChI=1S/C15H22N4O2/c20-14(19-11-12-3-1-6-16-10-12)5-8-18-15(21)9-13-4-2-7-17-13/h1,3,6,10,13,17H,2,4-5,7-9,11H2,(H,18,21)(H,19,20). The number of nitrogens with zero attached hydrogens (tertiary/aromatic N) is 1. The number of pyridine rings is 1. The van der Waals surface area contributed by atoms with E-state index < -0.39 is 0 Å². The quantitative estimate of drug-likeness (QED) is 0.676. The molecule has 3 N–H and O–H groups in total. The molecule has 0 spiro atoms. The normalized spacial score (nSPS) is 17.4. The van der Waals surface area contributed by atoms with Crippen LogP contribution in [-0.4, -0.2) is 35.9 Å². The van der Waals surface area contributed by atoms with Crippen LogP contribution >= 0.6 is 0 Å². The highest BCUT2D eigenvalue weighted by molar-refractivity contribution is 5.79. The summed E-state index contributed by atoms with van der Waals surface area (Å²) in [6.07, 6.45) is 6.39. The van der Waals surface area contributed by atoms with Gasteiger partial charge in [0.2, 0.25) is 11.8 Å². The fraction of sp³-hybridized carbons (Fsp3) is 0.533. The van der Waals surface area contributed by atoms with E-state index in [1.807, 2.05) is 12.1 Å². The van der Waals surface area contributed by atoms with Gasteiger partial charge in [0.1, 0.15) is 0 Å². The van der Waals surface area contributed by atoms with Crippen LogP contribution in [0, 0.1) is 0 Å². The molecule has 1 aromatic heterocycles. The van der Waals surface area contributed by atoms with Crippen LogP contribution < -0.4 is 16.0 Å². The van der Waals surface area contributed by atoms with Gasteiger partial charge in [-0.15, -0.1) is 0 Å². The van der Waals surface area contributed by atoms with Crippen LogP contribution in [0.15, 0.2) is 24.5 Å². The van der Waals surface area contributed by atoms with Crippen molar-refractivity contribution in [3.8, 4) is 0 Å². The SMILES string of the molecule is O=C(CCNC(=O)CC1CCCN1)NCc1cccnc1. The minimum Gasteiger partial charge on any atom is -0.356 e. The maximum Gasteiger partial charge on any atom is 0.222 e. The Balaban J connectivity index is 1.55. The molecular weight excluding hydrogens is 268 g/mol. The zero-order chi connectivity index (χ0) is 14.9. The second kappa shape index (κ2) is 8.36. The van der Waals surface area contributed by atoms with E-state index in [2.05, 4.69) is 20.9 Å².